The quantitative estimate of drug-likeness (QED) is 0.581. The maximum absolute atomic E-state index is 12.4. The van der Waals surface area contributed by atoms with Crippen molar-refractivity contribution in [3.8, 4) is 5.75 Å². The number of hydrogen-bond acceptors (Lipinski definition) is 6. The molecule has 2 heterocycles. The van der Waals surface area contributed by atoms with Crippen LogP contribution >= 0.6 is 0 Å². The van der Waals surface area contributed by atoms with Crippen LogP contribution < -0.4 is 4.74 Å². The first-order chi connectivity index (χ1) is 14.6. The number of oxazole rings is 1. The first kappa shape index (κ1) is 19.9. The second-order valence-electron chi connectivity index (χ2n) is 7.44. The lowest BCUT2D eigenvalue weighted by Crippen LogP contribution is -2.40. The van der Waals surface area contributed by atoms with Gasteiger partial charge in [0.15, 0.2) is 24.7 Å². The highest BCUT2D eigenvalue weighted by molar-refractivity contribution is 5.81. The van der Waals surface area contributed by atoms with E-state index in [1.807, 2.05) is 49.4 Å². The molecule has 1 aliphatic rings. The Labute approximate surface area is 174 Å². The smallest absolute Gasteiger partial charge is 0.344 e. The maximum atomic E-state index is 12.4. The lowest BCUT2D eigenvalue weighted by molar-refractivity contribution is -0.154. The van der Waals surface area contributed by atoms with Crippen LogP contribution in [-0.2, 0) is 14.3 Å². The van der Waals surface area contributed by atoms with Gasteiger partial charge in [0, 0.05) is 19.0 Å². The van der Waals surface area contributed by atoms with E-state index in [0.717, 1.165) is 35.4 Å². The number of ether oxygens (including phenoxy) is 2. The number of rotatable bonds is 6. The summed E-state index contributed by atoms with van der Waals surface area (Å²) in [6.07, 6.45) is 1.53. The molecule has 7 nitrogen and oxygen atoms in total. The summed E-state index contributed by atoms with van der Waals surface area (Å²) in [6.45, 7) is 2.61. The molecule has 30 heavy (non-hydrogen) atoms. The normalized spacial score (nSPS) is 14.6. The number of amides is 1. The van der Waals surface area contributed by atoms with Crippen LogP contribution in [0.25, 0.3) is 11.1 Å². The SMILES string of the molecule is Cc1cccc(OCC(=O)OCC(=O)N2CCC(c3nc4ccccc4o3)CC2)c1. The van der Waals surface area contributed by atoms with E-state index in [2.05, 4.69) is 4.98 Å². The Bertz CT molecular complexity index is 1000. The standard InChI is InChI=1S/C23H24N2O5/c1-16-5-4-6-18(13-16)28-15-22(27)29-14-21(26)25-11-9-17(10-12-25)23-24-19-7-2-3-8-20(19)30-23/h2-8,13,17H,9-12,14-15H2,1H3. The average Bonchev–Trinajstić information content (AvgIpc) is 3.20. The van der Waals surface area contributed by atoms with Crippen molar-refractivity contribution in [1.82, 2.24) is 9.88 Å². The van der Waals surface area contributed by atoms with Crippen LogP contribution in [0, 0.1) is 6.92 Å². The summed E-state index contributed by atoms with van der Waals surface area (Å²) in [5.41, 5.74) is 2.67. The number of fused-ring (bicyclic) bond motifs is 1. The van der Waals surface area contributed by atoms with Gasteiger partial charge in [0.05, 0.1) is 0 Å². The predicted molar refractivity (Wildman–Crippen MR) is 110 cm³/mol. The van der Waals surface area contributed by atoms with Crippen LogP contribution in [0.1, 0.15) is 30.2 Å². The number of nitrogens with zero attached hydrogens (tertiary/aromatic N) is 2. The zero-order chi connectivity index (χ0) is 20.9. The van der Waals surface area contributed by atoms with Gasteiger partial charge in [-0.1, -0.05) is 24.3 Å². The van der Waals surface area contributed by atoms with Gasteiger partial charge in [-0.05, 0) is 49.6 Å². The third-order valence-electron chi connectivity index (χ3n) is 5.21. The van der Waals surface area contributed by atoms with Crippen molar-refractivity contribution in [2.45, 2.75) is 25.7 Å². The van der Waals surface area contributed by atoms with Crippen molar-refractivity contribution in [2.24, 2.45) is 0 Å². The lowest BCUT2D eigenvalue weighted by Gasteiger charge is -2.30. The van der Waals surface area contributed by atoms with Crippen molar-refractivity contribution in [3.05, 3.63) is 60.0 Å². The Morgan fingerprint density at radius 1 is 1.10 bits per heavy atom. The molecule has 7 heteroatoms. The number of likely N-dealkylation sites (tertiary alicyclic amines) is 1. The molecule has 4 rings (SSSR count). The van der Waals surface area contributed by atoms with Gasteiger partial charge >= 0.3 is 5.97 Å². The minimum Gasteiger partial charge on any atom is -0.482 e. The van der Waals surface area contributed by atoms with Crippen LogP contribution in [-0.4, -0.2) is 48.1 Å². The molecular formula is C23H24N2O5. The minimum atomic E-state index is -0.564. The largest absolute Gasteiger partial charge is 0.482 e. The predicted octanol–water partition coefficient (Wildman–Crippen LogP) is 3.46. The van der Waals surface area contributed by atoms with Gasteiger partial charge in [-0.3, -0.25) is 4.79 Å². The van der Waals surface area contributed by atoms with E-state index in [1.165, 1.54) is 0 Å². The molecule has 0 atom stereocenters. The molecule has 1 saturated heterocycles. The van der Waals surface area contributed by atoms with Crippen molar-refractivity contribution in [3.63, 3.8) is 0 Å². The maximum Gasteiger partial charge on any atom is 0.344 e. The number of carbonyl (C=O) groups is 2. The second-order valence-corrected chi connectivity index (χ2v) is 7.44. The summed E-state index contributed by atoms with van der Waals surface area (Å²) >= 11 is 0. The van der Waals surface area contributed by atoms with Gasteiger partial charge < -0.3 is 18.8 Å². The van der Waals surface area contributed by atoms with Crippen molar-refractivity contribution in [1.29, 1.82) is 0 Å². The number of benzene rings is 2. The van der Waals surface area contributed by atoms with Crippen molar-refractivity contribution < 1.29 is 23.5 Å². The van der Waals surface area contributed by atoms with Crippen LogP contribution in [0.3, 0.4) is 0 Å². The van der Waals surface area contributed by atoms with Gasteiger partial charge in [0.25, 0.3) is 5.91 Å². The summed E-state index contributed by atoms with van der Waals surface area (Å²) < 4.78 is 16.3. The van der Waals surface area contributed by atoms with E-state index in [9.17, 15) is 9.59 Å². The van der Waals surface area contributed by atoms with Gasteiger partial charge in [0.1, 0.15) is 11.3 Å². The number of aryl methyl sites for hydroxylation is 1. The molecule has 2 aromatic carbocycles. The molecule has 0 radical (unpaired) electrons. The van der Waals surface area contributed by atoms with E-state index in [0.29, 0.717) is 18.8 Å². The fourth-order valence-corrected chi connectivity index (χ4v) is 3.56. The number of piperidine rings is 1. The van der Waals surface area contributed by atoms with Crippen molar-refractivity contribution >= 4 is 23.0 Å². The summed E-state index contributed by atoms with van der Waals surface area (Å²) in [5, 5.41) is 0. The Balaban J connectivity index is 1.21. The molecule has 1 aromatic heterocycles. The second kappa shape index (κ2) is 8.98. The van der Waals surface area contributed by atoms with Crippen LogP contribution in [0.4, 0.5) is 0 Å². The Hall–Kier alpha value is -3.35. The molecule has 0 unspecified atom stereocenters. The fourth-order valence-electron chi connectivity index (χ4n) is 3.56. The average molecular weight is 408 g/mol. The first-order valence-electron chi connectivity index (χ1n) is 10.1. The van der Waals surface area contributed by atoms with E-state index in [-0.39, 0.29) is 25.0 Å². The molecule has 0 aliphatic carbocycles. The molecule has 0 saturated carbocycles. The highest BCUT2D eigenvalue weighted by Crippen LogP contribution is 2.29. The topological polar surface area (TPSA) is 81.9 Å². The van der Waals surface area contributed by atoms with Crippen LogP contribution in [0.15, 0.2) is 52.9 Å². The van der Waals surface area contributed by atoms with Crippen LogP contribution in [0.2, 0.25) is 0 Å². The van der Waals surface area contributed by atoms with Crippen molar-refractivity contribution in [2.75, 3.05) is 26.3 Å². The highest BCUT2D eigenvalue weighted by atomic mass is 16.6. The summed E-state index contributed by atoms with van der Waals surface area (Å²) in [5.74, 6) is 0.746. The van der Waals surface area contributed by atoms with E-state index >= 15 is 0 Å². The Kier molecular flexibility index (Phi) is 5.97. The summed E-state index contributed by atoms with van der Waals surface area (Å²) in [4.78, 5) is 30.5. The Morgan fingerprint density at radius 3 is 2.67 bits per heavy atom. The number of hydrogen-bond donors (Lipinski definition) is 0. The number of para-hydroxylation sites is 2. The fraction of sp³-hybridized carbons (Fsp3) is 0.348. The van der Waals surface area contributed by atoms with Gasteiger partial charge in [-0.25, -0.2) is 9.78 Å². The monoisotopic (exact) mass is 408 g/mol. The zero-order valence-corrected chi connectivity index (χ0v) is 16.9. The molecular weight excluding hydrogens is 384 g/mol. The molecule has 0 N–H and O–H groups in total. The van der Waals surface area contributed by atoms with E-state index in [4.69, 9.17) is 13.9 Å². The van der Waals surface area contributed by atoms with E-state index in [1.54, 1.807) is 11.0 Å². The lowest BCUT2D eigenvalue weighted by atomic mass is 9.97. The Morgan fingerprint density at radius 2 is 1.90 bits per heavy atom. The highest BCUT2D eigenvalue weighted by Gasteiger charge is 2.27. The van der Waals surface area contributed by atoms with Gasteiger partial charge in [-0.2, -0.15) is 0 Å². The molecule has 0 spiro atoms. The summed E-state index contributed by atoms with van der Waals surface area (Å²) in [6, 6.07) is 15.1. The number of esters is 1. The summed E-state index contributed by atoms with van der Waals surface area (Å²) in [7, 11) is 0. The zero-order valence-electron chi connectivity index (χ0n) is 16.9. The van der Waals surface area contributed by atoms with Gasteiger partial charge in [0.2, 0.25) is 0 Å². The number of carbonyl (C=O) groups excluding carboxylic acids is 2. The minimum absolute atomic E-state index is 0.187. The first-order valence-corrected chi connectivity index (χ1v) is 10.1. The molecule has 3 aromatic rings. The molecule has 1 fully saturated rings. The third-order valence-corrected chi connectivity index (χ3v) is 5.21. The molecule has 1 amide bonds. The van der Waals surface area contributed by atoms with Gasteiger partial charge in [-0.15, -0.1) is 0 Å². The number of aromatic nitrogens is 1. The molecule has 156 valence electrons. The van der Waals surface area contributed by atoms with Crippen LogP contribution in [0.5, 0.6) is 5.75 Å². The third kappa shape index (κ3) is 4.79. The molecule has 1 aliphatic heterocycles. The molecule has 0 bridgehead atoms. The van der Waals surface area contributed by atoms with E-state index < -0.39 is 5.97 Å².